The maximum absolute atomic E-state index is 12.0. The average Bonchev–Trinajstić information content (AvgIpc) is 3.08. The zero-order valence-electron chi connectivity index (χ0n) is 11.8. The Labute approximate surface area is 135 Å². The van der Waals surface area contributed by atoms with Gasteiger partial charge in [-0.3, -0.25) is 4.21 Å². The molecule has 0 spiro atoms. The Morgan fingerprint density at radius 1 is 1.18 bits per heavy atom. The van der Waals surface area contributed by atoms with Crippen LogP contribution >= 0.6 is 11.3 Å². The zero-order valence-corrected chi connectivity index (χ0v) is 13.4. The van der Waals surface area contributed by atoms with Gasteiger partial charge in [0, 0.05) is 11.8 Å². The van der Waals surface area contributed by atoms with Crippen LogP contribution in [0.1, 0.15) is 5.56 Å². The molecular weight excluding hydrogens is 312 g/mol. The Kier molecular flexibility index (Phi) is 4.14. The van der Waals surface area contributed by atoms with E-state index in [4.69, 9.17) is 0 Å². The number of benzene rings is 1. The Morgan fingerprint density at radius 2 is 1.95 bits per heavy atom. The quantitative estimate of drug-likeness (QED) is 0.729. The van der Waals surface area contributed by atoms with E-state index in [1.807, 2.05) is 53.9 Å². The largest absolute Gasteiger partial charge is 0.253 e. The summed E-state index contributed by atoms with van der Waals surface area (Å²) in [6, 6.07) is 17.6. The second-order valence-electron chi connectivity index (χ2n) is 4.64. The lowest BCUT2D eigenvalue weighted by Gasteiger charge is -2.10. The van der Waals surface area contributed by atoms with Gasteiger partial charge in [0.05, 0.1) is 26.9 Å². The first-order chi connectivity index (χ1) is 10.7. The fourth-order valence-corrected chi connectivity index (χ4v) is 3.59. The molecular formula is C17H12N2OS2. The molecule has 2 aromatic heterocycles. The highest BCUT2D eigenvalue weighted by Gasteiger charge is 2.17. The molecule has 2 heterocycles. The number of hydrogen-bond acceptors (Lipinski definition) is 4. The molecule has 0 aliphatic heterocycles. The molecule has 0 bridgehead atoms. The lowest BCUT2D eigenvalue weighted by atomic mass is 10.0. The second-order valence-corrected chi connectivity index (χ2v) is 6.89. The molecule has 108 valence electrons. The van der Waals surface area contributed by atoms with E-state index >= 15 is 0 Å². The summed E-state index contributed by atoms with van der Waals surface area (Å²) in [5.74, 6) is 0. The molecule has 0 amide bonds. The molecule has 0 aliphatic rings. The van der Waals surface area contributed by atoms with E-state index in [0.717, 1.165) is 21.7 Å². The highest BCUT2D eigenvalue weighted by Crippen LogP contribution is 2.32. The van der Waals surface area contributed by atoms with Crippen LogP contribution < -0.4 is 0 Å². The van der Waals surface area contributed by atoms with Crippen molar-refractivity contribution in [2.45, 2.75) is 5.03 Å². The summed E-state index contributed by atoms with van der Waals surface area (Å²) in [5, 5.41) is 11.8. The van der Waals surface area contributed by atoms with E-state index in [1.165, 1.54) is 0 Å². The minimum absolute atomic E-state index is 0.340. The van der Waals surface area contributed by atoms with E-state index in [-0.39, 0.29) is 0 Å². The zero-order chi connectivity index (χ0) is 15.5. The first kappa shape index (κ1) is 14.6. The Balaban J connectivity index is 2.32. The van der Waals surface area contributed by atoms with Gasteiger partial charge in [0.1, 0.15) is 11.1 Å². The van der Waals surface area contributed by atoms with Crippen LogP contribution in [0.2, 0.25) is 0 Å². The maximum Gasteiger partial charge on any atom is 0.146 e. The number of nitrogens with zero attached hydrogens (tertiary/aromatic N) is 2. The highest BCUT2D eigenvalue weighted by molar-refractivity contribution is 7.84. The smallest absolute Gasteiger partial charge is 0.146 e. The summed E-state index contributed by atoms with van der Waals surface area (Å²) in [6.45, 7) is 0. The van der Waals surface area contributed by atoms with Crippen molar-refractivity contribution in [3.05, 3.63) is 59.5 Å². The summed E-state index contributed by atoms with van der Waals surface area (Å²) in [5.41, 5.74) is 2.82. The van der Waals surface area contributed by atoms with Crippen molar-refractivity contribution >= 4 is 22.1 Å². The van der Waals surface area contributed by atoms with Crippen molar-refractivity contribution in [1.29, 1.82) is 5.26 Å². The third-order valence-corrected chi connectivity index (χ3v) is 4.96. The third-order valence-electron chi connectivity index (χ3n) is 3.23. The van der Waals surface area contributed by atoms with Gasteiger partial charge in [0.2, 0.25) is 0 Å². The van der Waals surface area contributed by atoms with Crippen LogP contribution in [0.4, 0.5) is 0 Å². The Morgan fingerprint density at radius 3 is 2.55 bits per heavy atom. The monoisotopic (exact) mass is 324 g/mol. The molecule has 3 aromatic rings. The van der Waals surface area contributed by atoms with Crippen LogP contribution in [-0.2, 0) is 10.8 Å². The summed E-state index contributed by atoms with van der Waals surface area (Å²) >= 11 is 1.57. The molecule has 0 radical (unpaired) electrons. The van der Waals surface area contributed by atoms with E-state index in [0.29, 0.717) is 10.6 Å². The lowest BCUT2D eigenvalue weighted by Crippen LogP contribution is -2.01. The Hall–Kier alpha value is -2.29. The van der Waals surface area contributed by atoms with Crippen molar-refractivity contribution in [1.82, 2.24) is 4.98 Å². The molecule has 0 saturated carbocycles. The van der Waals surface area contributed by atoms with Gasteiger partial charge in [-0.1, -0.05) is 36.4 Å². The highest BCUT2D eigenvalue weighted by atomic mass is 32.2. The minimum atomic E-state index is -1.33. The van der Waals surface area contributed by atoms with Crippen molar-refractivity contribution in [2.75, 3.05) is 6.26 Å². The first-order valence-electron chi connectivity index (χ1n) is 6.58. The van der Waals surface area contributed by atoms with E-state index in [1.54, 1.807) is 17.6 Å². The normalized spacial score (nSPS) is 11.8. The van der Waals surface area contributed by atoms with E-state index in [9.17, 15) is 9.47 Å². The molecule has 0 fully saturated rings. The Bertz CT molecular complexity index is 866. The van der Waals surface area contributed by atoms with E-state index in [2.05, 4.69) is 11.1 Å². The van der Waals surface area contributed by atoms with E-state index < -0.39 is 10.8 Å². The van der Waals surface area contributed by atoms with Gasteiger partial charge in [0.15, 0.2) is 0 Å². The molecule has 1 unspecified atom stereocenters. The molecule has 0 aliphatic carbocycles. The molecule has 1 atom stereocenters. The molecule has 5 heteroatoms. The van der Waals surface area contributed by atoms with Crippen LogP contribution in [0, 0.1) is 11.3 Å². The van der Waals surface area contributed by atoms with Crippen molar-refractivity contribution in [2.24, 2.45) is 0 Å². The van der Waals surface area contributed by atoms with Crippen LogP contribution in [0.3, 0.4) is 0 Å². The summed E-state index contributed by atoms with van der Waals surface area (Å²) in [4.78, 5) is 5.45. The van der Waals surface area contributed by atoms with Gasteiger partial charge < -0.3 is 0 Å². The summed E-state index contributed by atoms with van der Waals surface area (Å²) in [6.07, 6.45) is 1.55. The molecule has 0 saturated heterocycles. The maximum atomic E-state index is 12.0. The van der Waals surface area contributed by atoms with Crippen LogP contribution in [0.25, 0.3) is 21.7 Å². The molecule has 0 N–H and O–H groups in total. The predicted octanol–water partition coefficient (Wildman–Crippen LogP) is 4.09. The number of nitriles is 1. The minimum Gasteiger partial charge on any atom is -0.253 e. The van der Waals surface area contributed by atoms with Gasteiger partial charge >= 0.3 is 0 Å². The molecule has 3 nitrogen and oxygen atoms in total. The number of hydrogen-bond donors (Lipinski definition) is 0. The summed E-state index contributed by atoms with van der Waals surface area (Å²) < 4.78 is 12.0. The molecule has 22 heavy (non-hydrogen) atoms. The fourth-order valence-electron chi connectivity index (χ4n) is 2.23. The van der Waals surface area contributed by atoms with Gasteiger partial charge in [0.25, 0.3) is 0 Å². The summed E-state index contributed by atoms with van der Waals surface area (Å²) in [7, 11) is -1.33. The standard InChI is InChI=1S/C17H12N2OS2/c1-22(20)17-14(11-18)13(12-6-3-2-4-7-12)10-15(19-17)16-8-5-9-21-16/h2-10H,1H3. The molecule has 1 aromatic carbocycles. The van der Waals surface area contributed by atoms with Crippen molar-refractivity contribution in [3.8, 4) is 27.8 Å². The second kappa shape index (κ2) is 6.22. The predicted molar refractivity (Wildman–Crippen MR) is 90.0 cm³/mol. The number of rotatable bonds is 3. The van der Waals surface area contributed by atoms with Gasteiger partial charge in [-0.25, -0.2) is 4.98 Å². The van der Waals surface area contributed by atoms with Crippen molar-refractivity contribution in [3.63, 3.8) is 0 Å². The fraction of sp³-hybridized carbons (Fsp3) is 0.0588. The lowest BCUT2D eigenvalue weighted by molar-refractivity contribution is 0.684. The van der Waals surface area contributed by atoms with Crippen LogP contribution in [0.5, 0.6) is 0 Å². The van der Waals surface area contributed by atoms with Gasteiger partial charge in [-0.05, 0) is 23.1 Å². The third kappa shape index (κ3) is 2.71. The van der Waals surface area contributed by atoms with Crippen LogP contribution in [0.15, 0.2) is 58.9 Å². The van der Waals surface area contributed by atoms with Gasteiger partial charge in [-0.2, -0.15) is 5.26 Å². The average molecular weight is 324 g/mol. The number of pyridine rings is 1. The van der Waals surface area contributed by atoms with Gasteiger partial charge in [-0.15, -0.1) is 11.3 Å². The SMILES string of the molecule is CS(=O)c1nc(-c2cccs2)cc(-c2ccccc2)c1C#N. The number of aromatic nitrogens is 1. The van der Waals surface area contributed by atoms with Crippen molar-refractivity contribution < 1.29 is 4.21 Å². The topological polar surface area (TPSA) is 53.8 Å². The first-order valence-corrected chi connectivity index (χ1v) is 9.02. The molecule has 3 rings (SSSR count). The van der Waals surface area contributed by atoms with Crippen LogP contribution in [-0.4, -0.2) is 15.4 Å². The number of thiophene rings is 1.